The fourth-order valence-corrected chi connectivity index (χ4v) is 2.70. The number of halogens is 1. The Bertz CT molecular complexity index is 572. The summed E-state index contributed by atoms with van der Waals surface area (Å²) in [5.74, 6) is 0.352. The topological polar surface area (TPSA) is 58.6 Å². The van der Waals surface area contributed by atoms with Crippen molar-refractivity contribution in [3.8, 4) is 5.75 Å². The number of nitrogens with zero attached hydrogens (tertiary/aromatic N) is 1. The third-order valence-corrected chi connectivity index (χ3v) is 3.88. The predicted octanol–water partition coefficient (Wildman–Crippen LogP) is 2.05. The third kappa shape index (κ3) is 2.33. The van der Waals surface area contributed by atoms with Crippen molar-refractivity contribution in [3.63, 3.8) is 0 Å². The number of rotatable bonds is 4. The van der Waals surface area contributed by atoms with Crippen LogP contribution in [0.5, 0.6) is 5.75 Å². The average Bonchev–Trinajstić information content (AvgIpc) is 3.19. The highest BCUT2D eigenvalue weighted by Crippen LogP contribution is 2.33. The Labute approximate surface area is 121 Å². The number of benzene rings is 1. The number of nitrogens with one attached hydrogen (secondary N) is 1. The second kappa shape index (κ2) is 4.98. The molecule has 1 aromatic carbocycles. The zero-order chi connectivity index (χ0) is 14.3. The minimum absolute atomic E-state index is 0.0883. The van der Waals surface area contributed by atoms with Crippen LogP contribution in [0.25, 0.3) is 0 Å². The van der Waals surface area contributed by atoms with Crippen LogP contribution in [-0.4, -0.2) is 35.9 Å². The number of carbonyl (C=O) groups is 2. The Morgan fingerprint density at radius 1 is 1.35 bits per heavy atom. The van der Waals surface area contributed by atoms with E-state index in [1.807, 2.05) is 0 Å². The van der Waals surface area contributed by atoms with Crippen molar-refractivity contribution in [3.05, 3.63) is 23.2 Å². The van der Waals surface area contributed by atoms with E-state index in [1.54, 1.807) is 25.3 Å². The molecule has 2 fully saturated rings. The van der Waals surface area contributed by atoms with Crippen LogP contribution >= 0.6 is 11.6 Å². The molecule has 0 unspecified atom stereocenters. The predicted molar refractivity (Wildman–Crippen MR) is 74.9 cm³/mol. The lowest BCUT2D eigenvalue weighted by atomic mass is 10.2. The van der Waals surface area contributed by atoms with Crippen LogP contribution < -0.4 is 10.1 Å². The molecule has 1 saturated carbocycles. The zero-order valence-corrected chi connectivity index (χ0v) is 11.8. The number of amides is 2. The first kappa shape index (κ1) is 13.2. The number of hydrogen-bond donors (Lipinski definition) is 1. The first-order valence-electron chi connectivity index (χ1n) is 6.56. The minimum atomic E-state index is -0.493. The number of ether oxygens (including phenoxy) is 1. The molecule has 2 amide bonds. The maximum atomic E-state index is 12.2. The van der Waals surface area contributed by atoms with E-state index in [0.29, 0.717) is 16.5 Å². The van der Waals surface area contributed by atoms with Gasteiger partial charge in [0.15, 0.2) is 0 Å². The second-order valence-electron chi connectivity index (χ2n) is 5.08. The van der Waals surface area contributed by atoms with Gasteiger partial charge in [-0.2, -0.15) is 0 Å². The van der Waals surface area contributed by atoms with Crippen molar-refractivity contribution in [2.24, 2.45) is 0 Å². The summed E-state index contributed by atoms with van der Waals surface area (Å²) in [6.07, 6.45) is 2.07. The van der Waals surface area contributed by atoms with Crippen LogP contribution in [0.4, 0.5) is 5.69 Å². The van der Waals surface area contributed by atoms with Gasteiger partial charge in [-0.1, -0.05) is 11.6 Å². The van der Waals surface area contributed by atoms with Crippen molar-refractivity contribution >= 4 is 29.1 Å². The van der Waals surface area contributed by atoms with Gasteiger partial charge in [0, 0.05) is 11.7 Å². The summed E-state index contributed by atoms with van der Waals surface area (Å²) < 4.78 is 5.08. The van der Waals surface area contributed by atoms with Crippen molar-refractivity contribution in [1.82, 2.24) is 4.90 Å². The van der Waals surface area contributed by atoms with Gasteiger partial charge in [-0.15, -0.1) is 0 Å². The van der Waals surface area contributed by atoms with E-state index in [2.05, 4.69) is 5.32 Å². The molecule has 0 spiro atoms. The van der Waals surface area contributed by atoms with Gasteiger partial charge in [-0.3, -0.25) is 14.5 Å². The number of likely N-dealkylation sites (tertiary alicyclic amines) is 1. The third-order valence-electron chi connectivity index (χ3n) is 3.59. The molecule has 106 valence electrons. The van der Waals surface area contributed by atoms with E-state index in [4.69, 9.17) is 16.3 Å². The van der Waals surface area contributed by atoms with Crippen LogP contribution in [-0.2, 0) is 9.59 Å². The monoisotopic (exact) mass is 294 g/mol. The summed E-state index contributed by atoms with van der Waals surface area (Å²) in [5.41, 5.74) is 0.708. The van der Waals surface area contributed by atoms with E-state index >= 15 is 0 Å². The van der Waals surface area contributed by atoms with Crippen LogP contribution in [0.3, 0.4) is 0 Å². The lowest BCUT2D eigenvalue weighted by Crippen LogP contribution is -2.36. The van der Waals surface area contributed by atoms with E-state index in [1.165, 1.54) is 4.90 Å². The summed E-state index contributed by atoms with van der Waals surface area (Å²) in [6.45, 7) is 0. The Morgan fingerprint density at radius 3 is 2.70 bits per heavy atom. The Hall–Kier alpha value is -1.75. The molecule has 1 heterocycles. The smallest absolute Gasteiger partial charge is 0.252 e. The molecule has 20 heavy (non-hydrogen) atoms. The number of imide groups is 1. The molecular formula is C14H15ClN2O3. The lowest BCUT2D eigenvalue weighted by molar-refractivity contribution is -0.139. The fourth-order valence-electron chi connectivity index (χ4n) is 2.44. The van der Waals surface area contributed by atoms with E-state index in [9.17, 15) is 9.59 Å². The summed E-state index contributed by atoms with van der Waals surface area (Å²) in [5, 5.41) is 3.54. The molecule has 3 rings (SSSR count). The molecule has 1 aliphatic carbocycles. The second-order valence-corrected chi connectivity index (χ2v) is 5.49. The fraction of sp³-hybridized carbons (Fsp3) is 0.429. The molecular weight excluding hydrogens is 280 g/mol. The number of carbonyl (C=O) groups excluding carboxylic acids is 2. The maximum Gasteiger partial charge on any atom is 0.252 e. The highest BCUT2D eigenvalue weighted by molar-refractivity contribution is 6.32. The number of methoxy groups -OCH3 is 1. The van der Waals surface area contributed by atoms with Crippen LogP contribution in [0.2, 0.25) is 5.02 Å². The van der Waals surface area contributed by atoms with Gasteiger partial charge in [-0.25, -0.2) is 0 Å². The zero-order valence-electron chi connectivity index (χ0n) is 11.1. The lowest BCUT2D eigenvalue weighted by Gasteiger charge is -2.15. The van der Waals surface area contributed by atoms with Gasteiger partial charge in [-0.05, 0) is 31.0 Å². The van der Waals surface area contributed by atoms with E-state index in [0.717, 1.165) is 12.8 Å². The largest absolute Gasteiger partial charge is 0.495 e. The Balaban J connectivity index is 1.73. The number of anilines is 1. The molecule has 1 aromatic rings. The maximum absolute atomic E-state index is 12.2. The van der Waals surface area contributed by atoms with E-state index < -0.39 is 6.04 Å². The summed E-state index contributed by atoms with van der Waals surface area (Å²) in [7, 11) is 1.54. The van der Waals surface area contributed by atoms with Crippen molar-refractivity contribution in [1.29, 1.82) is 0 Å². The Morgan fingerprint density at radius 2 is 2.10 bits per heavy atom. The highest BCUT2D eigenvalue weighted by atomic mass is 35.5. The van der Waals surface area contributed by atoms with Gasteiger partial charge in [0.2, 0.25) is 5.91 Å². The van der Waals surface area contributed by atoms with Crippen LogP contribution in [0, 0.1) is 0 Å². The summed E-state index contributed by atoms with van der Waals surface area (Å²) in [4.78, 5) is 25.5. The molecule has 1 N–H and O–H groups in total. The van der Waals surface area contributed by atoms with Crippen LogP contribution in [0.15, 0.2) is 18.2 Å². The normalized spacial score (nSPS) is 22.3. The van der Waals surface area contributed by atoms with Crippen molar-refractivity contribution in [2.75, 3.05) is 12.4 Å². The SMILES string of the molecule is COc1ccc(N[C@H]2CC(=O)N(C3CC3)C2=O)cc1Cl. The molecule has 1 saturated heterocycles. The quantitative estimate of drug-likeness (QED) is 0.864. The molecule has 0 radical (unpaired) electrons. The molecule has 1 aliphatic heterocycles. The van der Waals surface area contributed by atoms with Crippen molar-refractivity contribution in [2.45, 2.75) is 31.3 Å². The van der Waals surface area contributed by atoms with Gasteiger partial charge in [0.05, 0.1) is 18.6 Å². The Kier molecular flexibility index (Phi) is 3.30. The average molecular weight is 295 g/mol. The van der Waals surface area contributed by atoms with Gasteiger partial charge in [0.1, 0.15) is 11.8 Å². The van der Waals surface area contributed by atoms with Gasteiger partial charge in [0.25, 0.3) is 5.91 Å². The van der Waals surface area contributed by atoms with E-state index in [-0.39, 0.29) is 24.3 Å². The molecule has 5 nitrogen and oxygen atoms in total. The molecule has 0 bridgehead atoms. The first-order chi connectivity index (χ1) is 9.60. The number of hydrogen-bond acceptors (Lipinski definition) is 4. The molecule has 1 atom stereocenters. The minimum Gasteiger partial charge on any atom is -0.495 e. The first-order valence-corrected chi connectivity index (χ1v) is 6.94. The highest BCUT2D eigenvalue weighted by Gasteiger charge is 2.46. The van der Waals surface area contributed by atoms with Gasteiger partial charge >= 0.3 is 0 Å². The molecule has 6 heteroatoms. The molecule has 0 aromatic heterocycles. The summed E-state index contributed by atoms with van der Waals surface area (Å²) in [6, 6.07) is 4.83. The van der Waals surface area contributed by atoms with Gasteiger partial charge < -0.3 is 10.1 Å². The summed E-state index contributed by atoms with van der Waals surface area (Å²) >= 11 is 6.04. The van der Waals surface area contributed by atoms with Crippen molar-refractivity contribution < 1.29 is 14.3 Å². The molecule has 2 aliphatic rings. The standard InChI is InChI=1S/C14H15ClN2O3/c1-20-12-5-2-8(6-10(12)15)16-11-7-13(18)17(14(11)19)9-3-4-9/h2,5-6,9,11,16H,3-4,7H2,1H3/t11-/m0/s1. The van der Waals surface area contributed by atoms with Crippen LogP contribution in [0.1, 0.15) is 19.3 Å².